The minimum Gasteiger partial charge on any atom is -0.507 e. The Hall–Kier alpha value is -2.70. The standard InChI is InChI=1S/C18H15ClN2O4/c19-13-5-3-11(4-6-13)16(23)14-15(12-2-1-7-20-10-12)21(8-9-22)18(25)17(14)24/h1-7,10,15,22-23H,8-9H2/t15-/m0/s1. The predicted molar refractivity (Wildman–Crippen MR) is 91.8 cm³/mol. The van der Waals surface area contributed by atoms with Crippen LogP contribution in [0.1, 0.15) is 17.2 Å². The Balaban J connectivity index is 2.17. The minimum absolute atomic E-state index is 0.0263. The number of carbonyl (C=O) groups excluding carboxylic acids is 2. The average Bonchev–Trinajstić information content (AvgIpc) is 2.88. The van der Waals surface area contributed by atoms with Gasteiger partial charge >= 0.3 is 0 Å². The molecule has 128 valence electrons. The Kier molecular flexibility index (Phi) is 4.83. The second-order valence-electron chi connectivity index (χ2n) is 5.51. The van der Waals surface area contributed by atoms with Crippen LogP contribution in [-0.2, 0) is 9.59 Å². The average molecular weight is 359 g/mol. The lowest BCUT2D eigenvalue weighted by Gasteiger charge is -2.24. The Bertz CT molecular complexity index is 834. The highest BCUT2D eigenvalue weighted by Gasteiger charge is 2.45. The summed E-state index contributed by atoms with van der Waals surface area (Å²) < 4.78 is 0. The van der Waals surface area contributed by atoms with E-state index in [1.807, 2.05) is 0 Å². The fourth-order valence-corrected chi connectivity index (χ4v) is 2.99. The summed E-state index contributed by atoms with van der Waals surface area (Å²) in [5.41, 5.74) is 0.916. The molecule has 1 aromatic heterocycles. The highest BCUT2D eigenvalue weighted by atomic mass is 35.5. The van der Waals surface area contributed by atoms with Gasteiger partial charge in [0.1, 0.15) is 5.76 Å². The van der Waals surface area contributed by atoms with Gasteiger partial charge in [-0.2, -0.15) is 0 Å². The summed E-state index contributed by atoms with van der Waals surface area (Å²) in [6, 6.07) is 8.88. The number of rotatable bonds is 4. The Labute approximate surface area is 149 Å². The molecule has 2 aromatic rings. The van der Waals surface area contributed by atoms with Gasteiger partial charge in [-0.25, -0.2) is 0 Å². The molecule has 0 aliphatic carbocycles. The summed E-state index contributed by atoms with van der Waals surface area (Å²) in [5, 5.41) is 20.4. The SMILES string of the molecule is O=C1C(=O)N(CCO)[C@@H](c2cccnc2)C1=C(O)c1ccc(Cl)cc1. The Morgan fingerprint density at radius 1 is 1.20 bits per heavy atom. The van der Waals surface area contributed by atoms with E-state index in [0.29, 0.717) is 16.1 Å². The zero-order valence-corrected chi connectivity index (χ0v) is 13.8. The Morgan fingerprint density at radius 2 is 1.92 bits per heavy atom. The molecule has 2 heterocycles. The van der Waals surface area contributed by atoms with Gasteiger partial charge in [-0.15, -0.1) is 0 Å². The number of nitrogens with zero attached hydrogens (tertiary/aromatic N) is 2. The Morgan fingerprint density at radius 3 is 2.52 bits per heavy atom. The molecule has 0 radical (unpaired) electrons. The number of amides is 1. The second-order valence-corrected chi connectivity index (χ2v) is 5.95. The van der Waals surface area contributed by atoms with Crippen molar-refractivity contribution in [3.05, 3.63) is 70.5 Å². The number of ketones is 1. The molecule has 1 amide bonds. The summed E-state index contributed by atoms with van der Waals surface area (Å²) in [4.78, 5) is 30.1. The molecule has 1 aliphatic rings. The van der Waals surface area contributed by atoms with Crippen LogP contribution >= 0.6 is 11.6 Å². The van der Waals surface area contributed by atoms with Crippen LogP contribution in [0.25, 0.3) is 5.76 Å². The molecule has 0 spiro atoms. The fraction of sp³-hybridized carbons (Fsp3) is 0.167. The predicted octanol–water partition coefficient (Wildman–Crippen LogP) is 2.15. The van der Waals surface area contributed by atoms with Gasteiger partial charge in [-0.05, 0) is 35.9 Å². The van der Waals surface area contributed by atoms with Crippen molar-refractivity contribution in [3.63, 3.8) is 0 Å². The number of pyridine rings is 1. The number of aromatic nitrogens is 1. The maximum Gasteiger partial charge on any atom is 0.295 e. The van der Waals surface area contributed by atoms with Crippen LogP contribution in [0.4, 0.5) is 0 Å². The van der Waals surface area contributed by atoms with Crippen LogP contribution < -0.4 is 0 Å². The van der Waals surface area contributed by atoms with Crippen LogP contribution in [0.3, 0.4) is 0 Å². The van der Waals surface area contributed by atoms with E-state index in [9.17, 15) is 19.8 Å². The molecule has 1 aliphatic heterocycles. The summed E-state index contributed by atoms with van der Waals surface area (Å²) in [5.74, 6) is -1.85. The van der Waals surface area contributed by atoms with Crippen LogP contribution in [0, 0.1) is 0 Å². The minimum atomic E-state index is -0.809. The van der Waals surface area contributed by atoms with Gasteiger partial charge in [0.05, 0.1) is 18.2 Å². The van der Waals surface area contributed by atoms with E-state index in [1.54, 1.807) is 42.6 Å². The summed E-state index contributed by atoms with van der Waals surface area (Å²) >= 11 is 5.85. The van der Waals surface area contributed by atoms with E-state index in [4.69, 9.17) is 11.6 Å². The van der Waals surface area contributed by atoms with E-state index in [-0.39, 0.29) is 24.5 Å². The van der Waals surface area contributed by atoms with Crippen LogP contribution in [0.15, 0.2) is 54.4 Å². The van der Waals surface area contributed by atoms with E-state index in [0.717, 1.165) is 0 Å². The highest BCUT2D eigenvalue weighted by molar-refractivity contribution is 6.46. The number of hydrogen-bond acceptors (Lipinski definition) is 5. The maximum absolute atomic E-state index is 12.5. The second kappa shape index (κ2) is 7.04. The first-order valence-electron chi connectivity index (χ1n) is 7.59. The number of carbonyl (C=O) groups is 2. The number of aliphatic hydroxyl groups is 2. The van der Waals surface area contributed by atoms with Gasteiger partial charge in [0.2, 0.25) is 0 Å². The highest BCUT2D eigenvalue weighted by Crippen LogP contribution is 2.38. The van der Waals surface area contributed by atoms with E-state index in [2.05, 4.69) is 4.98 Å². The normalized spacial score (nSPS) is 19.4. The molecule has 3 rings (SSSR count). The van der Waals surface area contributed by atoms with Gasteiger partial charge in [0.15, 0.2) is 0 Å². The first kappa shape index (κ1) is 17.1. The third kappa shape index (κ3) is 3.14. The first-order valence-corrected chi connectivity index (χ1v) is 7.97. The fourth-order valence-electron chi connectivity index (χ4n) is 2.87. The molecule has 1 fully saturated rings. The molecule has 2 N–H and O–H groups in total. The number of likely N-dealkylation sites (tertiary alicyclic amines) is 1. The molecule has 0 bridgehead atoms. The molecular formula is C18H15ClN2O4. The third-order valence-electron chi connectivity index (χ3n) is 4.00. The molecular weight excluding hydrogens is 344 g/mol. The van der Waals surface area contributed by atoms with Crippen LogP contribution in [0.5, 0.6) is 0 Å². The lowest BCUT2D eigenvalue weighted by Crippen LogP contribution is -2.32. The number of benzene rings is 1. The lowest BCUT2D eigenvalue weighted by molar-refractivity contribution is -0.140. The summed E-state index contributed by atoms with van der Waals surface area (Å²) in [6.07, 6.45) is 3.09. The van der Waals surface area contributed by atoms with Gasteiger partial charge in [0.25, 0.3) is 11.7 Å². The van der Waals surface area contributed by atoms with Crippen molar-refractivity contribution in [2.24, 2.45) is 0 Å². The molecule has 7 heteroatoms. The summed E-state index contributed by atoms with van der Waals surface area (Å²) in [6.45, 7) is -0.327. The number of Topliss-reactive ketones (excluding diaryl/α,β-unsaturated/α-hetero) is 1. The van der Waals surface area contributed by atoms with Crippen LogP contribution in [-0.4, -0.2) is 44.9 Å². The van der Waals surface area contributed by atoms with Gasteiger partial charge in [0, 0.05) is 29.5 Å². The molecule has 0 unspecified atom stereocenters. The lowest BCUT2D eigenvalue weighted by atomic mass is 9.96. The van der Waals surface area contributed by atoms with Gasteiger partial charge in [-0.3, -0.25) is 14.6 Å². The molecule has 6 nitrogen and oxygen atoms in total. The van der Waals surface area contributed by atoms with E-state index < -0.39 is 17.7 Å². The van der Waals surface area contributed by atoms with Crippen molar-refractivity contribution in [3.8, 4) is 0 Å². The van der Waals surface area contributed by atoms with Gasteiger partial charge in [-0.1, -0.05) is 17.7 Å². The first-order chi connectivity index (χ1) is 12.0. The maximum atomic E-state index is 12.5. The molecule has 25 heavy (non-hydrogen) atoms. The third-order valence-corrected chi connectivity index (χ3v) is 4.25. The van der Waals surface area contributed by atoms with Crippen molar-refractivity contribution in [2.45, 2.75) is 6.04 Å². The van der Waals surface area contributed by atoms with E-state index >= 15 is 0 Å². The van der Waals surface area contributed by atoms with Crippen molar-refractivity contribution < 1.29 is 19.8 Å². The molecule has 1 atom stereocenters. The number of β-amino-alcohol motifs (C(OH)–C–C–N with tert-alkyl or cyclic N) is 1. The summed E-state index contributed by atoms with van der Waals surface area (Å²) in [7, 11) is 0. The van der Waals surface area contributed by atoms with Crippen molar-refractivity contribution >= 4 is 29.1 Å². The zero-order chi connectivity index (χ0) is 18.0. The molecule has 0 saturated carbocycles. The van der Waals surface area contributed by atoms with Crippen LogP contribution in [0.2, 0.25) is 5.02 Å². The smallest absolute Gasteiger partial charge is 0.295 e. The zero-order valence-electron chi connectivity index (χ0n) is 13.1. The number of hydrogen-bond donors (Lipinski definition) is 2. The topological polar surface area (TPSA) is 90.7 Å². The number of aliphatic hydroxyl groups excluding tert-OH is 2. The van der Waals surface area contributed by atoms with Crippen molar-refractivity contribution in [1.82, 2.24) is 9.88 Å². The monoisotopic (exact) mass is 358 g/mol. The largest absolute Gasteiger partial charge is 0.507 e. The quantitative estimate of drug-likeness (QED) is 0.496. The van der Waals surface area contributed by atoms with Crippen molar-refractivity contribution in [1.29, 1.82) is 0 Å². The van der Waals surface area contributed by atoms with Gasteiger partial charge < -0.3 is 15.1 Å². The van der Waals surface area contributed by atoms with E-state index in [1.165, 1.54) is 11.1 Å². The number of halogens is 1. The molecule has 1 saturated heterocycles. The van der Waals surface area contributed by atoms with Crippen molar-refractivity contribution in [2.75, 3.05) is 13.2 Å². The molecule has 1 aromatic carbocycles.